The van der Waals surface area contributed by atoms with E-state index in [1.165, 1.54) is 12.1 Å². The number of methoxy groups -OCH3 is 1. The topological polar surface area (TPSA) is 75.6 Å². The van der Waals surface area contributed by atoms with Crippen LogP contribution in [0.15, 0.2) is 66.7 Å². The lowest BCUT2D eigenvalue weighted by Crippen LogP contribution is -2.12. The number of carboxylic acid groups (broad SMARTS) is 1. The van der Waals surface area contributed by atoms with Gasteiger partial charge in [-0.2, -0.15) is 0 Å². The maximum Gasteiger partial charge on any atom is 0.337 e. The number of rotatable bonds is 5. The van der Waals surface area contributed by atoms with Gasteiger partial charge in [0.2, 0.25) is 5.91 Å². The minimum Gasteiger partial charge on any atom is -0.495 e. The predicted molar refractivity (Wildman–Crippen MR) is 106 cm³/mol. The van der Waals surface area contributed by atoms with Crippen LogP contribution in [0.25, 0.3) is 16.3 Å². The molecule has 0 saturated carbocycles. The Hall–Kier alpha value is -3.60. The van der Waals surface area contributed by atoms with Crippen LogP contribution in [-0.2, 0) is 4.79 Å². The molecule has 0 atom stereocenters. The van der Waals surface area contributed by atoms with Gasteiger partial charge in [-0.05, 0) is 30.0 Å². The lowest BCUT2D eigenvalue weighted by Gasteiger charge is -2.12. The summed E-state index contributed by atoms with van der Waals surface area (Å²) in [5.41, 5.74) is 1.81. The Balaban J connectivity index is 1.93. The first-order valence-corrected chi connectivity index (χ1v) is 8.39. The number of nitrogens with one attached hydrogen (secondary N) is 1. The fourth-order valence-electron chi connectivity index (χ4n) is 3.00. The molecule has 2 N–H and O–H groups in total. The van der Waals surface area contributed by atoms with E-state index in [1.54, 1.807) is 25.3 Å². The zero-order valence-electron chi connectivity index (χ0n) is 15.0. The number of carbonyl (C=O) groups is 2. The monoisotopic (exact) mass is 361 g/mol. The van der Waals surface area contributed by atoms with E-state index in [2.05, 4.69) is 5.32 Å². The molecule has 5 nitrogen and oxygen atoms in total. The molecule has 0 bridgehead atoms. The number of para-hydroxylation sites is 1. The van der Waals surface area contributed by atoms with Crippen LogP contribution in [0.1, 0.15) is 22.8 Å². The Morgan fingerprint density at radius 1 is 0.963 bits per heavy atom. The summed E-state index contributed by atoms with van der Waals surface area (Å²) < 4.78 is 5.58. The van der Waals surface area contributed by atoms with Gasteiger partial charge in [-0.3, -0.25) is 4.79 Å². The number of benzene rings is 3. The van der Waals surface area contributed by atoms with Crippen molar-refractivity contribution in [1.29, 1.82) is 0 Å². The second kappa shape index (κ2) is 7.74. The molecule has 0 aliphatic rings. The van der Waals surface area contributed by atoms with E-state index in [9.17, 15) is 14.7 Å². The number of amides is 1. The zero-order valence-corrected chi connectivity index (χ0v) is 15.0. The molecule has 27 heavy (non-hydrogen) atoms. The molecule has 0 heterocycles. The fraction of sp³-hybridized carbons (Fsp3) is 0.0909. The van der Waals surface area contributed by atoms with Gasteiger partial charge in [-0.15, -0.1) is 0 Å². The van der Waals surface area contributed by atoms with Gasteiger partial charge in [0.05, 0.1) is 18.4 Å². The summed E-state index contributed by atoms with van der Waals surface area (Å²) in [5, 5.41) is 13.9. The number of hydrogen-bond acceptors (Lipinski definition) is 3. The van der Waals surface area contributed by atoms with Crippen LogP contribution in [0.3, 0.4) is 0 Å². The van der Waals surface area contributed by atoms with Gasteiger partial charge in [0.1, 0.15) is 5.75 Å². The van der Waals surface area contributed by atoms with Crippen LogP contribution in [0.5, 0.6) is 5.75 Å². The van der Waals surface area contributed by atoms with Gasteiger partial charge in [-0.1, -0.05) is 48.5 Å². The predicted octanol–water partition coefficient (Wildman–Crippen LogP) is 4.59. The largest absolute Gasteiger partial charge is 0.495 e. The van der Waals surface area contributed by atoms with E-state index in [4.69, 9.17) is 4.74 Å². The van der Waals surface area contributed by atoms with Crippen molar-refractivity contribution in [2.24, 2.45) is 0 Å². The number of ether oxygens (including phenoxy) is 1. The van der Waals surface area contributed by atoms with Gasteiger partial charge in [0.15, 0.2) is 0 Å². The van der Waals surface area contributed by atoms with Crippen LogP contribution in [0.2, 0.25) is 0 Å². The number of aromatic carboxylic acids is 1. The Labute approximate surface area is 156 Å². The van der Waals surface area contributed by atoms with Crippen molar-refractivity contribution in [2.75, 3.05) is 12.4 Å². The number of carboxylic acids is 1. The maximum atomic E-state index is 12.4. The van der Waals surface area contributed by atoms with Crippen molar-refractivity contribution >= 4 is 33.9 Å². The SMILES string of the molecule is COc1c(/C(C)=C\C(=O)Nc2ccccc2C(=O)O)ccc2ccccc12. The quantitative estimate of drug-likeness (QED) is 0.652. The van der Waals surface area contributed by atoms with Crippen molar-refractivity contribution in [1.82, 2.24) is 0 Å². The number of hydrogen-bond donors (Lipinski definition) is 2. The summed E-state index contributed by atoms with van der Waals surface area (Å²) >= 11 is 0. The Morgan fingerprint density at radius 3 is 2.41 bits per heavy atom. The third-order valence-corrected chi connectivity index (χ3v) is 4.27. The van der Waals surface area contributed by atoms with Crippen molar-refractivity contribution in [3.05, 3.63) is 77.9 Å². The van der Waals surface area contributed by atoms with E-state index in [0.717, 1.165) is 16.3 Å². The van der Waals surface area contributed by atoms with E-state index in [0.29, 0.717) is 11.3 Å². The van der Waals surface area contributed by atoms with Crippen LogP contribution in [0, 0.1) is 0 Å². The average Bonchev–Trinajstić information content (AvgIpc) is 2.67. The molecule has 0 saturated heterocycles. The highest BCUT2D eigenvalue weighted by molar-refractivity contribution is 6.08. The van der Waals surface area contributed by atoms with Crippen LogP contribution in [-0.4, -0.2) is 24.1 Å². The molecule has 0 unspecified atom stereocenters. The van der Waals surface area contributed by atoms with E-state index in [1.807, 2.05) is 43.3 Å². The van der Waals surface area contributed by atoms with Gasteiger partial charge in [-0.25, -0.2) is 4.79 Å². The van der Waals surface area contributed by atoms with E-state index in [-0.39, 0.29) is 11.3 Å². The van der Waals surface area contributed by atoms with Crippen LogP contribution in [0.4, 0.5) is 5.69 Å². The highest BCUT2D eigenvalue weighted by Gasteiger charge is 2.13. The number of fused-ring (bicyclic) bond motifs is 1. The normalized spacial score (nSPS) is 11.3. The first-order valence-electron chi connectivity index (χ1n) is 8.39. The summed E-state index contributed by atoms with van der Waals surface area (Å²) in [7, 11) is 1.60. The number of anilines is 1. The third-order valence-electron chi connectivity index (χ3n) is 4.27. The minimum absolute atomic E-state index is 0.0418. The van der Waals surface area contributed by atoms with Crippen molar-refractivity contribution in [3.63, 3.8) is 0 Å². The van der Waals surface area contributed by atoms with Crippen molar-refractivity contribution in [3.8, 4) is 5.75 Å². The van der Waals surface area contributed by atoms with E-state index >= 15 is 0 Å². The second-order valence-electron chi connectivity index (χ2n) is 6.03. The maximum absolute atomic E-state index is 12.4. The second-order valence-corrected chi connectivity index (χ2v) is 6.03. The molecule has 0 aliphatic heterocycles. The van der Waals surface area contributed by atoms with Crippen LogP contribution >= 0.6 is 0 Å². The molecule has 5 heteroatoms. The summed E-state index contributed by atoms with van der Waals surface area (Å²) in [5.74, 6) is -0.806. The summed E-state index contributed by atoms with van der Waals surface area (Å²) in [6.45, 7) is 1.81. The summed E-state index contributed by atoms with van der Waals surface area (Å²) in [6.07, 6.45) is 1.44. The van der Waals surface area contributed by atoms with E-state index < -0.39 is 11.9 Å². The zero-order chi connectivity index (χ0) is 19.4. The smallest absolute Gasteiger partial charge is 0.337 e. The Bertz CT molecular complexity index is 1050. The Kier molecular flexibility index (Phi) is 5.22. The third kappa shape index (κ3) is 3.82. The molecular weight excluding hydrogens is 342 g/mol. The lowest BCUT2D eigenvalue weighted by molar-refractivity contribution is -0.111. The summed E-state index contributed by atoms with van der Waals surface area (Å²) in [4.78, 5) is 23.7. The molecule has 0 aromatic heterocycles. The van der Waals surface area contributed by atoms with Gasteiger partial charge < -0.3 is 15.2 Å². The average molecular weight is 361 g/mol. The molecule has 0 spiro atoms. The molecule has 3 aromatic rings. The van der Waals surface area contributed by atoms with Crippen LogP contribution < -0.4 is 10.1 Å². The number of carbonyl (C=O) groups excluding carboxylic acids is 1. The first-order chi connectivity index (χ1) is 13.0. The highest BCUT2D eigenvalue weighted by atomic mass is 16.5. The van der Waals surface area contributed by atoms with Gasteiger partial charge in [0, 0.05) is 17.0 Å². The fourth-order valence-corrected chi connectivity index (χ4v) is 3.00. The molecule has 0 radical (unpaired) electrons. The van der Waals surface area contributed by atoms with Crippen molar-refractivity contribution in [2.45, 2.75) is 6.92 Å². The molecule has 3 rings (SSSR count). The minimum atomic E-state index is -1.09. The highest BCUT2D eigenvalue weighted by Crippen LogP contribution is 2.33. The van der Waals surface area contributed by atoms with Gasteiger partial charge in [0.25, 0.3) is 0 Å². The molecular formula is C22H19NO4. The van der Waals surface area contributed by atoms with Gasteiger partial charge >= 0.3 is 5.97 Å². The summed E-state index contributed by atoms with van der Waals surface area (Å²) in [6, 6.07) is 18.0. The van der Waals surface area contributed by atoms with Crippen molar-refractivity contribution < 1.29 is 19.4 Å². The molecule has 3 aromatic carbocycles. The Morgan fingerprint density at radius 2 is 1.67 bits per heavy atom. The standard InChI is InChI=1S/C22H19NO4/c1-14(13-20(24)23-19-10-6-5-9-18(19)22(25)26)16-12-11-15-7-3-4-8-17(15)21(16)27-2/h3-13H,1-2H3,(H,23,24)(H,25,26)/b14-13-. The molecule has 1 amide bonds. The molecule has 136 valence electrons. The first kappa shape index (κ1) is 18.2. The molecule has 0 fully saturated rings. The lowest BCUT2D eigenvalue weighted by atomic mass is 10.00. The molecule has 0 aliphatic carbocycles. The number of allylic oxidation sites excluding steroid dienone is 1.